The molecule has 0 aromatic carbocycles. The molecule has 0 bridgehead atoms. The number of anilines is 1. The maximum atomic E-state index is 8.75. The SMILES string of the molecule is Cc1nc(NC2CC2)c(C#N)s1. The van der Waals surface area contributed by atoms with E-state index in [4.69, 9.17) is 5.26 Å². The number of thiazole rings is 1. The first-order chi connectivity index (χ1) is 5.79. The summed E-state index contributed by atoms with van der Waals surface area (Å²) in [5.41, 5.74) is 0. The van der Waals surface area contributed by atoms with Crippen LogP contribution in [0.2, 0.25) is 0 Å². The van der Waals surface area contributed by atoms with Crippen molar-refractivity contribution in [3.05, 3.63) is 9.88 Å². The van der Waals surface area contributed by atoms with Crippen LogP contribution in [0.15, 0.2) is 0 Å². The number of rotatable bonds is 2. The summed E-state index contributed by atoms with van der Waals surface area (Å²) in [7, 11) is 0. The molecule has 2 rings (SSSR count). The summed E-state index contributed by atoms with van der Waals surface area (Å²) in [6, 6.07) is 2.71. The van der Waals surface area contributed by atoms with E-state index in [0.717, 1.165) is 10.8 Å². The van der Waals surface area contributed by atoms with Gasteiger partial charge in [-0.2, -0.15) is 5.26 Å². The molecule has 0 amide bonds. The minimum absolute atomic E-state index is 0.568. The van der Waals surface area contributed by atoms with E-state index < -0.39 is 0 Å². The number of nitrogens with zero attached hydrogens (tertiary/aromatic N) is 2. The van der Waals surface area contributed by atoms with Crippen LogP contribution in [0.1, 0.15) is 22.7 Å². The number of hydrogen-bond acceptors (Lipinski definition) is 4. The van der Waals surface area contributed by atoms with E-state index in [9.17, 15) is 0 Å². The predicted octanol–water partition coefficient (Wildman–Crippen LogP) is 1.90. The number of hydrogen-bond donors (Lipinski definition) is 1. The van der Waals surface area contributed by atoms with Crippen molar-refractivity contribution >= 4 is 17.2 Å². The average Bonchev–Trinajstić information content (AvgIpc) is 2.76. The monoisotopic (exact) mass is 179 g/mol. The highest BCUT2D eigenvalue weighted by molar-refractivity contribution is 7.12. The van der Waals surface area contributed by atoms with Gasteiger partial charge in [-0.05, 0) is 19.8 Å². The van der Waals surface area contributed by atoms with Crippen LogP contribution in [0, 0.1) is 18.3 Å². The Labute approximate surface area is 75.1 Å². The summed E-state index contributed by atoms with van der Waals surface area (Å²) in [6.07, 6.45) is 2.42. The van der Waals surface area contributed by atoms with Crippen molar-refractivity contribution in [3.63, 3.8) is 0 Å². The van der Waals surface area contributed by atoms with Crippen molar-refractivity contribution in [3.8, 4) is 6.07 Å². The Kier molecular flexibility index (Phi) is 1.74. The Balaban J connectivity index is 2.22. The smallest absolute Gasteiger partial charge is 0.155 e. The van der Waals surface area contributed by atoms with Crippen LogP contribution in [0.4, 0.5) is 5.82 Å². The number of nitrogens with one attached hydrogen (secondary N) is 1. The molecular weight excluding hydrogens is 170 g/mol. The zero-order valence-electron chi connectivity index (χ0n) is 6.79. The van der Waals surface area contributed by atoms with E-state index in [-0.39, 0.29) is 0 Å². The molecule has 0 atom stereocenters. The van der Waals surface area contributed by atoms with Gasteiger partial charge in [0, 0.05) is 6.04 Å². The van der Waals surface area contributed by atoms with E-state index in [2.05, 4.69) is 16.4 Å². The highest BCUT2D eigenvalue weighted by Crippen LogP contribution is 2.28. The predicted molar refractivity (Wildman–Crippen MR) is 48.2 cm³/mol. The quantitative estimate of drug-likeness (QED) is 0.754. The molecule has 0 radical (unpaired) electrons. The molecule has 1 aromatic rings. The van der Waals surface area contributed by atoms with Crippen LogP contribution in [0.5, 0.6) is 0 Å². The Morgan fingerprint density at radius 3 is 3.00 bits per heavy atom. The molecule has 1 fully saturated rings. The second-order valence-corrected chi connectivity index (χ2v) is 4.14. The second-order valence-electron chi connectivity index (χ2n) is 2.94. The molecule has 1 N–H and O–H groups in total. The zero-order chi connectivity index (χ0) is 8.55. The third kappa shape index (κ3) is 1.41. The van der Waals surface area contributed by atoms with Gasteiger partial charge >= 0.3 is 0 Å². The van der Waals surface area contributed by atoms with Crippen molar-refractivity contribution in [2.45, 2.75) is 25.8 Å². The zero-order valence-corrected chi connectivity index (χ0v) is 7.61. The first-order valence-electron chi connectivity index (χ1n) is 3.93. The van der Waals surface area contributed by atoms with Gasteiger partial charge in [-0.25, -0.2) is 4.98 Å². The van der Waals surface area contributed by atoms with Gasteiger partial charge in [0.25, 0.3) is 0 Å². The Morgan fingerprint density at radius 2 is 2.42 bits per heavy atom. The summed E-state index contributed by atoms with van der Waals surface area (Å²) >= 11 is 1.45. The maximum absolute atomic E-state index is 8.75. The molecule has 0 saturated heterocycles. The van der Waals surface area contributed by atoms with E-state index in [1.807, 2.05) is 6.92 Å². The molecule has 12 heavy (non-hydrogen) atoms. The van der Waals surface area contributed by atoms with Crippen LogP contribution < -0.4 is 5.32 Å². The first kappa shape index (κ1) is 7.56. The van der Waals surface area contributed by atoms with Gasteiger partial charge in [0.1, 0.15) is 10.9 Å². The Hall–Kier alpha value is -1.08. The maximum Gasteiger partial charge on any atom is 0.155 e. The number of aromatic nitrogens is 1. The van der Waals surface area contributed by atoms with Crippen LogP contribution in [0.25, 0.3) is 0 Å². The van der Waals surface area contributed by atoms with Crippen LogP contribution in [-0.4, -0.2) is 11.0 Å². The standard InChI is InChI=1S/C8H9N3S/c1-5-10-8(7(4-9)12-5)11-6-2-3-6/h6,11H,2-3H2,1H3. The molecule has 62 valence electrons. The molecular formula is C8H9N3S. The molecule has 0 unspecified atom stereocenters. The molecule has 1 heterocycles. The lowest BCUT2D eigenvalue weighted by Crippen LogP contribution is -2.02. The van der Waals surface area contributed by atoms with Crippen molar-refractivity contribution in [1.82, 2.24) is 4.98 Å². The minimum Gasteiger partial charge on any atom is -0.366 e. The highest BCUT2D eigenvalue weighted by Gasteiger charge is 2.23. The van der Waals surface area contributed by atoms with E-state index in [0.29, 0.717) is 10.9 Å². The lowest BCUT2D eigenvalue weighted by atomic mass is 10.5. The van der Waals surface area contributed by atoms with Crippen molar-refractivity contribution in [1.29, 1.82) is 5.26 Å². The van der Waals surface area contributed by atoms with Gasteiger partial charge in [0.15, 0.2) is 5.82 Å². The largest absolute Gasteiger partial charge is 0.366 e. The number of nitriles is 1. The average molecular weight is 179 g/mol. The molecule has 1 aromatic heterocycles. The first-order valence-corrected chi connectivity index (χ1v) is 4.75. The Morgan fingerprint density at radius 1 is 1.67 bits per heavy atom. The highest BCUT2D eigenvalue weighted by atomic mass is 32.1. The van der Waals surface area contributed by atoms with E-state index >= 15 is 0 Å². The van der Waals surface area contributed by atoms with Gasteiger partial charge in [-0.15, -0.1) is 11.3 Å². The third-order valence-electron chi connectivity index (χ3n) is 1.75. The lowest BCUT2D eigenvalue weighted by Gasteiger charge is -1.97. The lowest BCUT2D eigenvalue weighted by molar-refractivity contribution is 1.11. The summed E-state index contributed by atoms with van der Waals surface area (Å²) in [5, 5.41) is 12.9. The van der Waals surface area contributed by atoms with Crippen molar-refractivity contribution in [2.75, 3.05) is 5.32 Å². The van der Waals surface area contributed by atoms with Gasteiger partial charge in [-0.3, -0.25) is 0 Å². The molecule has 3 nitrogen and oxygen atoms in total. The van der Waals surface area contributed by atoms with Gasteiger partial charge in [0.2, 0.25) is 0 Å². The second kappa shape index (κ2) is 2.76. The van der Waals surface area contributed by atoms with Crippen LogP contribution in [-0.2, 0) is 0 Å². The fourth-order valence-corrected chi connectivity index (χ4v) is 1.70. The molecule has 0 aliphatic heterocycles. The summed E-state index contributed by atoms with van der Waals surface area (Å²) in [6.45, 7) is 1.92. The van der Waals surface area contributed by atoms with E-state index in [1.165, 1.54) is 24.2 Å². The summed E-state index contributed by atoms with van der Waals surface area (Å²) in [4.78, 5) is 4.95. The molecule has 4 heteroatoms. The van der Waals surface area contributed by atoms with Crippen molar-refractivity contribution < 1.29 is 0 Å². The van der Waals surface area contributed by atoms with Crippen LogP contribution >= 0.6 is 11.3 Å². The molecule has 1 aliphatic carbocycles. The fourth-order valence-electron chi connectivity index (χ4n) is 1.02. The van der Waals surface area contributed by atoms with Gasteiger partial charge in [-0.1, -0.05) is 0 Å². The van der Waals surface area contributed by atoms with Crippen LogP contribution in [0.3, 0.4) is 0 Å². The third-order valence-corrected chi connectivity index (χ3v) is 2.63. The molecule has 1 aliphatic rings. The molecule has 1 saturated carbocycles. The fraction of sp³-hybridized carbons (Fsp3) is 0.500. The minimum atomic E-state index is 0.568. The molecule has 0 spiro atoms. The van der Waals surface area contributed by atoms with Crippen molar-refractivity contribution in [2.24, 2.45) is 0 Å². The van der Waals surface area contributed by atoms with Gasteiger partial charge in [0.05, 0.1) is 5.01 Å². The Bertz CT molecular complexity index is 333. The summed E-state index contributed by atoms with van der Waals surface area (Å²) in [5.74, 6) is 0.780. The normalized spacial score (nSPS) is 15.7. The van der Waals surface area contributed by atoms with E-state index in [1.54, 1.807) is 0 Å². The summed E-state index contributed by atoms with van der Waals surface area (Å²) < 4.78 is 0. The van der Waals surface area contributed by atoms with Gasteiger partial charge < -0.3 is 5.32 Å². The topological polar surface area (TPSA) is 48.7 Å². The number of aryl methyl sites for hydroxylation is 1.